The lowest BCUT2D eigenvalue weighted by molar-refractivity contribution is 0.0601. The summed E-state index contributed by atoms with van der Waals surface area (Å²) in [6.07, 6.45) is 0.864. The Kier molecular flexibility index (Phi) is 5.19. The molecule has 3 rings (SSSR count). The minimum absolute atomic E-state index is 0.343. The zero-order valence-electron chi connectivity index (χ0n) is 15.3. The number of benzene rings is 2. The van der Waals surface area contributed by atoms with E-state index in [2.05, 4.69) is 24.3 Å². The van der Waals surface area contributed by atoms with E-state index in [4.69, 9.17) is 15.6 Å². The summed E-state index contributed by atoms with van der Waals surface area (Å²) in [5.41, 5.74) is 12.3. The number of aromatic nitrogens is 2. The molecule has 2 aromatic carbocycles. The van der Waals surface area contributed by atoms with Gasteiger partial charge in [0.2, 0.25) is 0 Å². The van der Waals surface area contributed by atoms with Crippen LogP contribution < -0.4 is 5.73 Å². The molecule has 1 aromatic heterocycles. The Labute approximate surface area is 153 Å². The highest BCUT2D eigenvalue weighted by Crippen LogP contribution is 2.29. The van der Waals surface area contributed by atoms with Crippen LogP contribution in [0.1, 0.15) is 27.3 Å². The van der Waals surface area contributed by atoms with E-state index in [0.29, 0.717) is 12.1 Å². The number of hydrogen-bond acceptors (Lipinski definition) is 4. The van der Waals surface area contributed by atoms with Crippen molar-refractivity contribution < 1.29 is 9.53 Å². The van der Waals surface area contributed by atoms with Crippen LogP contribution in [0.15, 0.2) is 48.5 Å². The first-order chi connectivity index (χ1) is 12.5. The van der Waals surface area contributed by atoms with Crippen molar-refractivity contribution in [3.8, 4) is 16.8 Å². The first-order valence-corrected chi connectivity index (χ1v) is 8.59. The number of nitrogens with two attached hydrogens (primary N) is 1. The van der Waals surface area contributed by atoms with Crippen LogP contribution in [0.25, 0.3) is 16.8 Å². The standard InChI is InChI=1S/C21H23N3O2/c1-14-20(17-5-4-6-18(13-17)21(25)26-3)15(2)24(23-14)19-9-7-16(8-10-19)11-12-22/h4-10,13H,11-12,22H2,1-3H3. The van der Waals surface area contributed by atoms with Gasteiger partial charge < -0.3 is 10.5 Å². The molecule has 3 aromatic rings. The number of carbonyl (C=O) groups is 1. The Morgan fingerprint density at radius 2 is 1.88 bits per heavy atom. The molecule has 0 aliphatic carbocycles. The average Bonchev–Trinajstić information content (AvgIpc) is 2.96. The van der Waals surface area contributed by atoms with Gasteiger partial charge in [-0.15, -0.1) is 0 Å². The van der Waals surface area contributed by atoms with Gasteiger partial charge in [0.15, 0.2) is 0 Å². The lowest BCUT2D eigenvalue weighted by atomic mass is 10.0. The van der Waals surface area contributed by atoms with E-state index in [1.54, 1.807) is 6.07 Å². The van der Waals surface area contributed by atoms with Crippen LogP contribution in [0.2, 0.25) is 0 Å². The van der Waals surface area contributed by atoms with Crippen molar-refractivity contribution >= 4 is 5.97 Å². The summed E-state index contributed by atoms with van der Waals surface area (Å²) in [6.45, 7) is 4.65. The highest BCUT2D eigenvalue weighted by atomic mass is 16.5. The van der Waals surface area contributed by atoms with Gasteiger partial charge in [-0.3, -0.25) is 0 Å². The van der Waals surface area contributed by atoms with Crippen molar-refractivity contribution in [2.24, 2.45) is 5.73 Å². The predicted molar refractivity (Wildman–Crippen MR) is 103 cm³/mol. The normalized spacial score (nSPS) is 10.8. The number of hydrogen-bond donors (Lipinski definition) is 1. The number of carbonyl (C=O) groups excluding carboxylic acids is 1. The molecule has 5 nitrogen and oxygen atoms in total. The topological polar surface area (TPSA) is 70.1 Å². The Balaban J connectivity index is 2.02. The van der Waals surface area contributed by atoms with E-state index >= 15 is 0 Å². The average molecular weight is 349 g/mol. The maximum Gasteiger partial charge on any atom is 0.337 e. The van der Waals surface area contributed by atoms with Crippen molar-refractivity contribution in [1.82, 2.24) is 9.78 Å². The molecule has 1 heterocycles. The maximum absolute atomic E-state index is 11.8. The largest absolute Gasteiger partial charge is 0.465 e. The van der Waals surface area contributed by atoms with Crippen LogP contribution in [-0.2, 0) is 11.2 Å². The van der Waals surface area contributed by atoms with Gasteiger partial charge in [0, 0.05) is 11.3 Å². The highest BCUT2D eigenvalue weighted by molar-refractivity contribution is 5.91. The molecule has 0 amide bonds. The summed E-state index contributed by atoms with van der Waals surface area (Å²) in [4.78, 5) is 11.8. The van der Waals surface area contributed by atoms with Gasteiger partial charge >= 0.3 is 5.97 Å². The fraction of sp³-hybridized carbons (Fsp3) is 0.238. The van der Waals surface area contributed by atoms with Gasteiger partial charge in [-0.1, -0.05) is 24.3 Å². The van der Waals surface area contributed by atoms with Gasteiger partial charge in [0.1, 0.15) is 0 Å². The van der Waals surface area contributed by atoms with Crippen LogP contribution in [-0.4, -0.2) is 29.4 Å². The lowest BCUT2D eigenvalue weighted by Gasteiger charge is -2.08. The fourth-order valence-corrected chi connectivity index (χ4v) is 3.20. The molecule has 0 aliphatic heterocycles. The predicted octanol–water partition coefficient (Wildman–Crippen LogP) is 3.44. The zero-order valence-corrected chi connectivity index (χ0v) is 15.3. The molecule has 0 fully saturated rings. The molecule has 0 bridgehead atoms. The van der Waals surface area contributed by atoms with Gasteiger partial charge in [-0.2, -0.15) is 5.10 Å². The second kappa shape index (κ2) is 7.54. The maximum atomic E-state index is 11.8. The molecule has 26 heavy (non-hydrogen) atoms. The van der Waals surface area contributed by atoms with Crippen LogP contribution in [0.5, 0.6) is 0 Å². The monoisotopic (exact) mass is 349 g/mol. The molecule has 0 aliphatic rings. The second-order valence-electron chi connectivity index (χ2n) is 6.24. The molecule has 0 saturated heterocycles. The molecular formula is C21H23N3O2. The molecular weight excluding hydrogens is 326 g/mol. The summed E-state index contributed by atoms with van der Waals surface area (Å²) < 4.78 is 6.76. The highest BCUT2D eigenvalue weighted by Gasteiger charge is 2.16. The number of esters is 1. The summed E-state index contributed by atoms with van der Waals surface area (Å²) in [5.74, 6) is -0.343. The number of aryl methyl sites for hydroxylation is 1. The SMILES string of the molecule is COC(=O)c1cccc(-c2c(C)nn(-c3ccc(CCN)cc3)c2C)c1. The Hall–Kier alpha value is -2.92. The number of ether oxygens (including phenoxy) is 1. The Morgan fingerprint density at radius 1 is 1.15 bits per heavy atom. The van der Waals surface area contributed by atoms with Crippen molar-refractivity contribution in [2.45, 2.75) is 20.3 Å². The number of nitrogens with zero attached hydrogens (tertiary/aromatic N) is 2. The van der Waals surface area contributed by atoms with E-state index in [9.17, 15) is 4.79 Å². The molecule has 5 heteroatoms. The van der Waals surface area contributed by atoms with Gasteiger partial charge in [0.05, 0.1) is 24.1 Å². The van der Waals surface area contributed by atoms with Crippen LogP contribution in [0, 0.1) is 13.8 Å². The fourth-order valence-electron chi connectivity index (χ4n) is 3.20. The second-order valence-corrected chi connectivity index (χ2v) is 6.24. The Morgan fingerprint density at radius 3 is 2.54 bits per heavy atom. The summed E-state index contributed by atoms with van der Waals surface area (Å²) in [7, 11) is 1.39. The van der Waals surface area contributed by atoms with E-state index in [1.165, 1.54) is 12.7 Å². The third kappa shape index (κ3) is 3.39. The van der Waals surface area contributed by atoms with Crippen molar-refractivity contribution in [3.05, 3.63) is 71.0 Å². The minimum atomic E-state index is -0.343. The first-order valence-electron chi connectivity index (χ1n) is 8.59. The lowest BCUT2D eigenvalue weighted by Crippen LogP contribution is -2.03. The van der Waals surface area contributed by atoms with E-state index in [-0.39, 0.29) is 5.97 Å². The number of rotatable bonds is 5. The van der Waals surface area contributed by atoms with Crippen LogP contribution in [0.4, 0.5) is 0 Å². The van der Waals surface area contributed by atoms with Crippen molar-refractivity contribution in [3.63, 3.8) is 0 Å². The summed E-state index contributed by atoms with van der Waals surface area (Å²) in [6, 6.07) is 15.7. The third-order valence-electron chi connectivity index (χ3n) is 4.48. The minimum Gasteiger partial charge on any atom is -0.465 e. The molecule has 0 radical (unpaired) electrons. The van der Waals surface area contributed by atoms with Gasteiger partial charge in [0.25, 0.3) is 0 Å². The van der Waals surface area contributed by atoms with Crippen molar-refractivity contribution in [1.29, 1.82) is 0 Å². The zero-order chi connectivity index (χ0) is 18.7. The number of methoxy groups -OCH3 is 1. The van der Waals surface area contributed by atoms with E-state index in [1.807, 2.05) is 36.7 Å². The molecule has 0 unspecified atom stereocenters. The smallest absolute Gasteiger partial charge is 0.337 e. The molecule has 0 spiro atoms. The first kappa shape index (κ1) is 17.9. The van der Waals surface area contributed by atoms with Crippen molar-refractivity contribution in [2.75, 3.05) is 13.7 Å². The van der Waals surface area contributed by atoms with Gasteiger partial charge in [-0.25, -0.2) is 9.48 Å². The third-order valence-corrected chi connectivity index (χ3v) is 4.48. The quantitative estimate of drug-likeness (QED) is 0.716. The van der Waals surface area contributed by atoms with Crippen LogP contribution >= 0.6 is 0 Å². The Bertz CT molecular complexity index is 927. The van der Waals surface area contributed by atoms with Crippen LogP contribution in [0.3, 0.4) is 0 Å². The molecule has 134 valence electrons. The van der Waals surface area contributed by atoms with E-state index in [0.717, 1.165) is 34.6 Å². The van der Waals surface area contributed by atoms with E-state index < -0.39 is 0 Å². The molecule has 0 saturated carbocycles. The van der Waals surface area contributed by atoms with Gasteiger partial charge in [-0.05, 0) is 62.2 Å². The summed E-state index contributed by atoms with van der Waals surface area (Å²) in [5, 5.41) is 4.70. The molecule has 0 atom stereocenters. The summed E-state index contributed by atoms with van der Waals surface area (Å²) >= 11 is 0. The molecule has 2 N–H and O–H groups in total.